The standard InChI is InChI=1S/C16H20N2O3S/c1-12-5-4-8-16(10-12,11-17)18-22(20,21)15-7-3-6-14(9-15)13(2)19/h3,6-7,9,12,18H,4-5,8,10H2,1-2H3/t12-,16+/m0/s1. The van der Waals surface area contributed by atoms with E-state index in [4.69, 9.17) is 0 Å². The number of hydrogen-bond donors (Lipinski definition) is 1. The van der Waals surface area contributed by atoms with Crippen LogP contribution in [0.2, 0.25) is 0 Å². The molecule has 22 heavy (non-hydrogen) atoms. The summed E-state index contributed by atoms with van der Waals surface area (Å²) < 4.78 is 27.7. The Bertz CT molecular complexity index is 721. The summed E-state index contributed by atoms with van der Waals surface area (Å²) in [6.07, 6.45) is 2.85. The Morgan fingerprint density at radius 2 is 2.18 bits per heavy atom. The minimum atomic E-state index is -3.83. The van der Waals surface area contributed by atoms with Crippen LogP contribution in [0.5, 0.6) is 0 Å². The highest BCUT2D eigenvalue weighted by Crippen LogP contribution is 2.33. The third kappa shape index (κ3) is 3.54. The first-order valence-corrected chi connectivity index (χ1v) is 8.82. The molecule has 1 aliphatic carbocycles. The number of carbonyl (C=O) groups is 1. The van der Waals surface area contributed by atoms with Crippen molar-refractivity contribution in [3.8, 4) is 6.07 Å². The van der Waals surface area contributed by atoms with Gasteiger partial charge in [0.15, 0.2) is 5.78 Å². The van der Waals surface area contributed by atoms with Gasteiger partial charge < -0.3 is 0 Å². The van der Waals surface area contributed by atoms with Crippen LogP contribution in [0.3, 0.4) is 0 Å². The van der Waals surface area contributed by atoms with E-state index in [0.717, 1.165) is 12.8 Å². The molecule has 1 N–H and O–H groups in total. The second-order valence-electron chi connectivity index (χ2n) is 6.08. The van der Waals surface area contributed by atoms with Crippen LogP contribution in [0.1, 0.15) is 49.9 Å². The molecule has 1 fully saturated rings. The van der Waals surface area contributed by atoms with Crippen molar-refractivity contribution < 1.29 is 13.2 Å². The van der Waals surface area contributed by atoms with Crippen molar-refractivity contribution in [3.05, 3.63) is 29.8 Å². The van der Waals surface area contributed by atoms with Crippen LogP contribution in [0.4, 0.5) is 0 Å². The molecule has 1 aromatic carbocycles. The van der Waals surface area contributed by atoms with Crippen molar-refractivity contribution in [2.45, 2.75) is 50.0 Å². The number of ketones is 1. The molecule has 118 valence electrons. The van der Waals surface area contributed by atoms with E-state index in [1.54, 1.807) is 6.07 Å². The molecule has 1 aromatic rings. The Morgan fingerprint density at radius 1 is 1.45 bits per heavy atom. The van der Waals surface area contributed by atoms with Gasteiger partial charge in [-0.1, -0.05) is 31.9 Å². The van der Waals surface area contributed by atoms with E-state index in [1.165, 1.54) is 25.1 Å². The number of sulfonamides is 1. The Labute approximate surface area is 131 Å². The van der Waals surface area contributed by atoms with Gasteiger partial charge in [-0.2, -0.15) is 9.98 Å². The lowest BCUT2D eigenvalue weighted by molar-refractivity contribution is 0.101. The Morgan fingerprint density at radius 3 is 2.77 bits per heavy atom. The average molecular weight is 320 g/mol. The monoisotopic (exact) mass is 320 g/mol. The van der Waals surface area contributed by atoms with Crippen molar-refractivity contribution in [3.63, 3.8) is 0 Å². The highest BCUT2D eigenvalue weighted by atomic mass is 32.2. The molecule has 0 amide bonds. The van der Waals surface area contributed by atoms with Crippen molar-refractivity contribution in [2.24, 2.45) is 5.92 Å². The summed E-state index contributed by atoms with van der Waals surface area (Å²) in [6.45, 7) is 3.41. The zero-order valence-corrected chi connectivity index (χ0v) is 13.6. The van der Waals surface area contributed by atoms with Gasteiger partial charge in [-0.05, 0) is 37.8 Å². The fourth-order valence-corrected chi connectivity index (χ4v) is 4.37. The predicted octanol–water partition coefficient (Wildman–Crippen LogP) is 2.64. The number of Topliss-reactive ketones (excluding diaryl/α,β-unsaturated/α-hetero) is 1. The minimum absolute atomic E-state index is 0.0213. The molecule has 0 heterocycles. The first-order valence-electron chi connectivity index (χ1n) is 7.34. The molecule has 0 aromatic heterocycles. The molecule has 0 bridgehead atoms. The van der Waals surface area contributed by atoms with Crippen LogP contribution in [-0.4, -0.2) is 19.7 Å². The summed E-state index contributed by atoms with van der Waals surface area (Å²) in [7, 11) is -3.83. The van der Waals surface area contributed by atoms with Gasteiger partial charge in [-0.25, -0.2) is 8.42 Å². The zero-order chi connectivity index (χ0) is 16.4. The van der Waals surface area contributed by atoms with Gasteiger partial charge in [0.2, 0.25) is 10.0 Å². The van der Waals surface area contributed by atoms with Crippen LogP contribution < -0.4 is 4.72 Å². The lowest BCUT2D eigenvalue weighted by Crippen LogP contribution is -2.49. The van der Waals surface area contributed by atoms with Crippen LogP contribution in [0, 0.1) is 17.2 Å². The van der Waals surface area contributed by atoms with E-state index in [-0.39, 0.29) is 10.7 Å². The van der Waals surface area contributed by atoms with E-state index in [1.807, 2.05) is 6.92 Å². The molecule has 0 spiro atoms. The Kier molecular flexibility index (Phi) is 4.69. The summed E-state index contributed by atoms with van der Waals surface area (Å²) >= 11 is 0. The number of nitrogens with one attached hydrogen (secondary N) is 1. The summed E-state index contributed by atoms with van der Waals surface area (Å²) in [4.78, 5) is 11.4. The summed E-state index contributed by atoms with van der Waals surface area (Å²) in [5, 5.41) is 9.48. The van der Waals surface area contributed by atoms with Gasteiger partial charge in [0.1, 0.15) is 5.54 Å². The summed E-state index contributed by atoms with van der Waals surface area (Å²) in [5.74, 6) is 0.109. The molecule has 0 unspecified atom stereocenters. The second kappa shape index (κ2) is 6.19. The first kappa shape index (κ1) is 16.7. The van der Waals surface area contributed by atoms with E-state index >= 15 is 0 Å². The zero-order valence-electron chi connectivity index (χ0n) is 12.8. The molecular formula is C16H20N2O3S. The quantitative estimate of drug-likeness (QED) is 0.864. The molecule has 1 saturated carbocycles. The lowest BCUT2D eigenvalue weighted by atomic mass is 9.78. The highest BCUT2D eigenvalue weighted by Gasteiger charge is 2.39. The van der Waals surface area contributed by atoms with E-state index < -0.39 is 15.6 Å². The number of nitrogens with zero attached hydrogens (tertiary/aromatic N) is 1. The number of carbonyl (C=O) groups excluding carboxylic acids is 1. The molecular weight excluding hydrogens is 300 g/mol. The molecule has 5 nitrogen and oxygen atoms in total. The van der Waals surface area contributed by atoms with Crippen LogP contribution >= 0.6 is 0 Å². The molecule has 0 aliphatic heterocycles. The molecule has 6 heteroatoms. The Hall–Kier alpha value is -1.71. The van der Waals surface area contributed by atoms with E-state index in [2.05, 4.69) is 10.8 Å². The molecule has 2 rings (SSSR count). The molecule has 2 atom stereocenters. The van der Waals surface area contributed by atoms with Crippen molar-refractivity contribution >= 4 is 15.8 Å². The first-order chi connectivity index (χ1) is 10.3. The van der Waals surface area contributed by atoms with Crippen LogP contribution in [0.15, 0.2) is 29.2 Å². The fraction of sp³-hybridized carbons (Fsp3) is 0.500. The maximum atomic E-state index is 12.6. The highest BCUT2D eigenvalue weighted by molar-refractivity contribution is 7.89. The minimum Gasteiger partial charge on any atom is -0.295 e. The predicted molar refractivity (Wildman–Crippen MR) is 82.7 cm³/mol. The van der Waals surface area contributed by atoms with Gasteiger partial charge in [0.05, 0.1) is 11.0 Å². The SMILES string of the molecule is CC(=O)c1cccc(S(=O)(=O)N[C@]2(C#N)CCC[C@H](C)C2)c1. The normalized spacial score (nSPS) is 25.4. The number of benzene rings is 1. The third-order valence-corrected chi connectivity index (χ3v) is 5.63. The smallest absolute Gasteiger partial charge is 0.241 e. The van der Waals surface area contributed by atoms with Crippen molar-refractivity contribution in [1.82, 2.24) is 4.72 Å². The molecule has 1 aliphatic rings. The largest absolute Gasteiger partial charge is 0.295 e. The Balaban J connectivity index is 2.33. The molecule has 0 saturated heterocycles. The topological polar surface area (TPSA) is 87.0 Å². The number of hydrogen-bond acceptors (Lipinski definition) is 4. The van der Waals surface area contributed by atoms with Crippen molar-refractivity contribution in [1.29, 1.82) is 5.26 Å². The molecule has 0 radical (unpaired) electrons. The maximum absolute atomic E-state index is 12.6. The third-order valence-electron chi connectivity index (χ3n) is 4.09. The van der Waals surface area contributed by atoms with E-state index in [9.17, 15) is 18.5 Å². The average Bonchev–Trinajstić information content (AvgIpc) is 2.47. The summed E-state index contributed by atoms with van der Waals surface area (Å²) in [5.41, 5.74) is -0.714. The van der Waals surface area contributed by atoms with Crippen LogP contribution in [0.25, 0.3) is 0 Å². The van der Waals surface area contributed by atoms with Gasteiger partial charge in [-0.15, -0.1) is 0 Å². The van der Waals surface area contributed by atoms with Gasteiger partial charge in [-0.3, -0.25) is 4.79 Å². The maximum Gasteiger partial charge on any atom is 0.241 e. The second-order valence-corrected chi connectivity index (χ2v) is 7.77. The summed E-state index contributed by atoms with van der Waals surface area (Å²) in [6, 6.07) is 8.05. The fourth-order valence-electron chi connectivity index (χ4n) is 2.97. The number of nitriles is 1. The lowest BCUT2D eigenvalue weighted by Gasteiger charge is -2.34. The number of rotatable bonds is 4. The van der Waals surface area contributed by atoms with Crippen LogP contribution in [-0.2, 0) is 10.0 Å². The van der Waals surface area contributed by atoms with Gasteiger partial charge in [0, 0.05) is 5.56 Å². The van der Waals surface area contributed by atoms with Gasteiger partial charge in [0.25, 0.3) is 0 Å². The van der Waals surface area contributed by atoms with E-state index in [0.29, 0.717) is 24.3 Å². The van der Waals surface area contributed by atoms with Gasteiger partial charge >= 0.3 is 0 Å². The van der Waals surface area contributed by atoms with Crippen molar-refractivity contribution in [2.75, 3.05) is 0 Å².